The zero-order chi connectivity index (χ0) is 27.3. The molecule has 0 atom stereocenters. The van der Waals surface area contributed by atoms with E-state index < -0.39 is 17.6 Å². The van der Waals surface area contributed by atoms with Crippen LogP contribution in [0.3, 0.4) is 0 Å². The normalized spacial score (nSPS) is 16.1. The van der Waals surface area contributed by atoms with Gasteiger partial charge in [-0.15, -0.1) is 0 Å². The van der Waals surface area contributed by atoms with Crippen molar-refractivity contribution in [2.24, 2.45) is 0 Å². The van der Waals surface area contributed by atoms with E-state index in [4.69, 9.17) is 0 Å². The third-order valence-electron chi connectivity index (χ3n) is 5.54. The summed E-state index contributed by atoms with van der Waals surface area (Å²) in [6, 6.07) is 0. The van der Waals surface area contributed by atoms with Crippen LogP contribution in [0.2, 0.25) is 40.7 Å². The second kappa shape index (κ2) is 13.2. The Hall–Kier alpha value is 1.26. The van der Waals surface area contributed by atoms with Crippen LogP contribution in [0.5, 0.6) is 0 Å². The Labute approximate surface area is 226 Å². The maximum atomic E-state index is 2.44. The number of allylic oxidation sites excluding steroid dienone is 2. The van der Waals surface area contributed by atoms with Crippen LogP contribution in [0.15, 0.2) is 11.6 Å². The van der Waals surface area contributed by atoms with Crippen LogP contribution in [0, 0.1) is 0 Å². The van der Waals surface area contributed by atoms with Gasteiger partial charge in [-0.25, -0.2) is 0 Å². The Morgan fingerprint density at radius 1 is 0.485 bits per heavy atom. The molecule has 33 heavy (non-hydrogen) atoms. The molecule has 1 heterocycles. The molecule has 1 aliphatic heterocycles. The van der Waals surface area contributed by atoms with Crippen molar-refractivity contribution < 1.29 is 0 Å². The average Bonchev–Trinajstić information content (AvgIpc) is 2.38. The fraction of sp³-hybridized carbons (Fsp3) is 0.931. The van der Waals surface area contributed by atoms with Crippen molar-refractivity contribution in [2.45, 2.75) is 172 Å². The van der Waals surface area contributed by atoms with Gasteiger partial charge in [-0.2, -0.15) is 0 Å². The molecule has 0 aromatic carbocycles. The third kappa shape index (κ3) is 15.9. The summed E-state index contributed by atoms with van der Waals surface area (Å²) in [4.78, 5) is 0. The van der Waals surface area contributed by atoms with Gasteiger partial charge in [0.05, 0.1) is 17.6 Å². The fourth-order valence-electron chi connectivity index (χ4n) is 7.32. The Kier molecular flexibility index (Phi) is 14.5. The molecule has 0 N–H and O–H groups in total. The summed E-state index contributed by atoms with van der Waals surface area (Å²) in [5.74, 6) is 0. The zero-order valence-electron chi connectivity index (χ0n) is 26.5. The molecule has 194 valence electrons. The molecule has 0 saturated heterocycles. The summed E-state index contributed by atoms with van der Waals surface area (Å²) in [6.07, 6.45) is 2.44. The van der Waals surface area contributed by atoms with Crippen molar-refractivity contribution in [3.63, 3.8) is 0 Å². The quantitative estimate of drug-likeness (QED) is 0.189. The van der Waals surface area contributed by atoms with E-state index in [0.717, 1.165) is 0 Å². The molecule has 4 radical (unpaired) electrons. The number of hydrogen-bond acceptors (Lipinski definition) is 0. The molecule has 4 heteroatoms. The van der Waals surface area contributed by atoms with Gasteiger partial charge >= 0.3 is 54.9 Å². The third-order valence-corrected chi connectivity index (χ3v) is 24.3. The molecule has 0 nitrogen and oxygen atoms in total. The van der Waals surface area contributed by atoms with Gasteiger partial charge in [0.25, 0.3) is 0 Å². The zero-order valence-corrected chi connectivity index (χ0v) is 32.7. The van der Waals surface area contributed by atoms with Crippen LogP contribution >= 0.6 is 0 Å². The summed E-state index contributed by atoms with van der Waals surface area (Å²) in [5.41, 5.74) is 1.68. The van der Waals surface area contributed by atoms with E-state index in [2.05, 4.69) is 138 Å². The van der Waals surface area contributed by atoms with Gasteiger partial charge in [0.1, 0.15) is 0 Å². The van der Waals surface area contributed by atoms with E-state index >= 15 is 0 Å². The summed E-state index contributed by atoms with van der Waals surface area (Å²) < 4.78 is 0. The predicted molar refractivity (Wildman–Crippen MR) is 165 cm³/mol. The molecule has 0 fully saturated rings. The van der Waals surface area contributed by atoms with Gasteiger partial charge in [-0.1, -0.05) is 125 Å². The average molecular weight is 612 g/mol. The first kappa shape index (κ1) is 36.4. The molecule has 1 aliphatic rings. The van der Waals surface area contributed by atoms with Gasteiger partial charge < -0.3 is 0 Å². The Morgan fingerprint density at radius 3 is 0.788 bits per heavy atom. The molecule has 0 amide bonds. The SMILES string of the molecule is CC(C)(C)[Si](C(C)(C)C)C(C)(C)C.CC(C)(C)[Si](C(C)(C)C)C(C)(C)C.CC1=C[CH2][Ge]=[Ge][CH2]1. The minimum atomic E-state index is -0.391. The van der Waals surface area contributed by atoms with Crippen molar-refractivity contribution >= 4 is 43.4 Å². The van der Waals surface area contributed by atoms with Crippen LogP contribution in [0.4, 0.5) is 0 Å². The fourth-order valence-corrected chi connectivity index (χ4v) is 30.3. The number of hydrogen-bond donors (Lipinski definition) is 0. The summed E-state index contributed by atoms with van der Waals surface area (Å²) >= 11 is 1.25. The maximum absolute atomic E-state index is 2.44. The van der Waals surface area contributed by atoms with Crippen LogP contribution in [0.25, 0.3) is 0 Å². The van der Waals surface area contributed by atoms with Crippen molar-refractivity contribution in [2.75, 3.05) is 0 Å². The monoisotopic (exact) mass is 614 g/mol. The number of rotatable bonds is 0. The van der Waals surface area contributed by atoms with E-state index in [1.165, 1.54) is 10.5 Å². The van der Waals surface area contributed by atoms with E-state index in [1.54, 1.807) is 5.57 Å². The van der Waals surface area contributed by atoms with Crippen molar-refractivity contribution in [3.8, 4) is 0 Å². The van der Waals surface area contributed by atoms with Crippen LogP contribution < -0.4 is 0 Å². The second-order valence-electron chi connectivity index (χ2n) is 16.0. The Bertz CT molecular complexity index is 511. The first-order valence-electron chi connectivity index (χ1n) is 13.0. The van der Waals surface area contributed by atoms with Gasteiger partial charge in [-0.05, 0) is 30.2 Å². The molecule has 0 unspecified atom stereocenters. The van der Waals surface area contributed by atoms with E-state index in [1.807, 2.05) is 0 Å². The van der Waals surface area contributed by atoms with Crippen molar-refractivity contribution in [3.05, 3.63) is 11.6 Å². The Morgan fingerprint density at radius 2 is 0.727 bits per heavy atom. The van der Waals surface area contributed by atoms with Gasteiger partial charge in [0, 0.05) is 0 Å². The second-order valence-corrected chi connectivity index (χ2v) is 37.3. The van der Waals surface area contributed by atoms with Crippen molar-refractivity contribution in [1.29, 1.82) is 0 Å². The van der Waals surface area contributed by atoms with Crippen molar-refractivity contribution in [1.82, 2.24) is 0 Å². The molecule has 0 saturated carbocycles. The summed E-state index contributed by atoms with van der Waals surface area (Å²) in [7, 11) is -0.782. The Balaban J connectivity index is 0. The molecule has 0 aromatic rings. The van der Waals surface area contributed by atoms with E-state index in [9.17, 15) is 0 Å². The predicted octanol–water partition coefficient (Wildman–Crippen LogP) is 10.9. The van der Waals surface area contributed by atoms with Gasteiger partial charge in [-0.3, -0.25) is 0 Å². The molecular formula is C29H62Ge2Si2. The first-order valence-corrected chi connectivity index (χ1v) is 25.5. The van der Waals surface area contributed by atoms with Crippen LogP contribution in [-0.4, -0.2) is 43.4 Å². The van der Waals surface area contributed by atoms with E-state index in [-0.39, 0.29) is 0 Å². The van der Waals surface area contributed by atoms with Crippen LogP contribution in [0.1, 0.15) is 132 Å². The topological polar surface area (TPSA) is 0 Å². The molecule has 0 bridgehead atoms. The molecule has 1 rings (SSSR count). The molecule has 0 aliphatic carbocycles. The minimum absolute atomic E-state index is 0.391. The van der Waals surface area contributed by atoms with E-state index in [0.29, 0.717) is 56.1 Å². The standard InChI is InChI=1S/2C12H27Si.C5H8Ge2/c2*1-10(2,3)13(11(4,5)6)12(7,8)9;1-5-2-3-6-7-4-5/h2*1-9H3;2H,3-4H2,1H3. The first-order chi connectivity index (χ1) is 14.1. The van der Waals surface area contributed by atoms with Gasteiger partial charge in [0.15, 0.2) is 0 Å². The summed E-state index contributed by atoms with van der Waals surface area (Å²) in [6.45, 7) is 45.5. The van der Waals surface area contributed by atoms with Crippen LogP contribution in [-0.2, 0) is 0 Å². The van der Waals surface area contributed by atoms with Gasteiger partial charge in [0.2, 0.25) is 0 Å². The molecule has 0 aromatic heterocycles. The molecule has 0 spiro atoms. The summed E-state index contributed by atoms with van der Waals surface area (Å²) in [5, 5.41) is 5.96. The molecular weight excluding hydrogens is 550 g/mol.